The Morgan fingerprint density at radius 3 is 2.90 bits per heavy atom. The van der Waals surface area contributed by atoms with E-state index in [-0.39, 0.29) is 11.2 Å². The highest BCUT2D eigenvalue weighted by atomic mass is 19.1. The fourth-order valence-corrected chi connectivity index (χ4v) is 3.13. The van der Waals surface area contributed by atoms with Gasteiger partial charge in [0, 0.05) is 17.3 Å². The minimum Gasteiger partial charge on any atom is -0.313 e. The van der Waals surface area contributed by atoms with E-state index in [1.807, 2.05) is 24.0 Å². The number of fused-ring (bicyclic) bond motifs is 1. The second-order valence-corrected chi connectivity index (χ2v) is 6.32. The van der Waals surface area contributed by atoms with Crippen molar-refractivity contribution in [2.24, 2.45) is 5.41 Å². The van der Waals surface area contributed by atoms with Gasteiger partial charge in [0.1, 0.15) is 5.82 Å². The number of nitrogens with zero attached hydrogens (tertiary/aromatic N) is 2. The summed E-state index contributed by atoms with van der Waals surface area (Å²) in [5.41, 5.74) is 3.42. The molecule has 0 bridgehead atoms. The Bertz CT molecular complexity index is 630. The first-order valence-corrected chi connectivity index (χ1v) is 7.00. The third-order valence-corrected chi connectivity index (χ3v) is 4.08. The molecule has 0 aliphatic heterocycles. The molecule has 0 fully saturated rings. The zero-order chi connectivity index (χ0) is 14.3. The number of halogens is 1. The zero-order valence-corrected chi connectivity index (χ0v) is 12.2. The minimum absolute atomic E-state index is 0.214. The van der Waals surface area contributed by atoms with E-state index >= 15 is 0 Å². The number of hydrogen-bond donors (Lipinski definition) is 1. The van der Waals surface area contributed by atoms with E-state index in [0.717, 1.165) is 18.5 Å². The number of aromatic nitrogens is 2. The summed E-state index contributed by atoms with van der Waals surface area (Å²) in [7, 11) is 1.98. The van der Waals surface area contributed by atoms with E-state index in [9.17, 15) is 4.39 Å². The minimum atomic E-state index is -0.230. The van der Waals surface area contributed by atoms with Crippen LogP contribution in [0.4, 0.5) is 4.39 Å². The summed E-state index contributed by atoms with van der Waals surface area (Å²) in [6.45, 7) is 4.53. The van der Waals surface area contributed by atoms with E-state index < -0.39 is 0 Å². The normalized spacial score (nSPS) is 20.7. The van der Waals surface area contributed by atoms with Gasteiger partial charge in [0.05, 0.1) is 11.9 Å². The molecule has 3 rings (SSSR count). The summed E-state index contributed by atoms with van der Waals surface area (Å²) < 4.78 is 15.3. The Balaban J connectivity index is 2.10. The van der Waals surface area contributed by atoms with Crippen LogP contribution in [0, 0.1) is 11.2 Å². The van der Waals surface area contributed by atoms with Crippen LogP contribution < -0.4 is 5.32 Å². The summed E-state index contributed by atoms with van der Waals surface area (Å²) in [6, 6.07) is 6.92. The fraction of sp³-hybridized carbons (Fsp3) is 0.438. The molecule has 0 spiro atoms. The van der Waals surface area contributed by atoms with Gasteiger partial charge >= 0.3 is 0 Å². The van der Waals surface area contributed by atoms with Gasteiger partial charge < -0.3 is 5.32 Å². The van der Waals surface area contributed by atoms with Crippen molar-refractivity contribution in [2.75, 3.05) is 7.05 Å². The molecule has 0 radical (unpaired) electrons. The molecule has 1 aliphatic carbocycles. The standard InChI is InChI=1S/C16H20FN3/c1-16(2)8-14(18-3)13-10-19-20(15(13)9-16)12-6-4-5-11(17)7-12/h4-7,10,14,18H,8-9H2,1-3H3. The van der Waals surface area contributed by atoms with Crippen LogP contribution in [0.5, 0.6) is 0 Å². The van der Waals surface area contributed by atoms with Crippen LogP contribution in [0.3, 0.4) is 0 Å². The first kappa shape index (κ1) is 13.3. The summed E-state index contributed by atoms with van der Waals surface area (Å²) in [5, 5.41) is 7.85. The summed E-state index contributed by atoms with van der Waals surface area (Å²) in [6.07, 6.45) is 3.96. The predicted octanol–water partition coefficient (Wildman–Crippen LogP) is 3.24. The van der Waals surface area contributed by atoms with Gasteiger partial charge in [-0.25, -0.2) is 9.07 Å². The van der Waals surface area contributed by atoms with E-state index in [0.29, 0.717) is 6.04 Å². The lowest BCUT2D eigenvalue weighted by Gasteiger charge is -2.35. The average Bonchev–Trinajstić information content (AvgIpc) is 2.80. The fourth-order valence-electron chi connectivity index (χ4n) is 3.13. The third kappa shape index (κ3) is 2.24. The van der Waals surface area contributed by atoms with Gasteiger partial charge in [-0.1, -0.05) is 19.9 Å². The van der Waals surface area contributed by atoms with Gasteiger partial charge in [-0.2, -0.15) is 5.10 Å². The highest BCUT2D eigenvalue weighted by Gasteiger charge is 2.34. The molecule has 1 aromatic carbocycles. The Labute approximate surface area is 118 Å². The smallest absolute Gasteiger partial charge is 0.125 e. The molecule has 106 valence electrons. The lowest BCUT2D eigenvalue weighted by atomic mass is 9.74. The van der Waals surface area contributed by atoms with Gasteiger partial charge in [0.15, 0.2) is 0 Å². The average molecular weight is 273 g/mol. The Morgan fingerprint density at radius 1 is 1.40 bits per heavy atom. The van der Waals surface area contributed by atoms with Crippen LogP contribution >= 0.6 is 0 Å². The number of rotatable bonds is 2. The molecule has 3 nitrogen and oxygen atoms in total. The van der Waals surface area contributed by atoms with E-state index in [1.54, 1.807) is 6.07 Å². The highest BCUT2D eigenvalue weighted by molar-refractivity contribution is 5.38. The van der Waals surface area contributed by atoms with Crippen LogP contribution in [-0.4, -0.2) is 16.8 Å². The summed E-state index contributed by atoms with van der Waals surface area (Å²) in [4.78, 5) is 0. The van der Waals surface area contributed by atoms with E-state index in [1.165, 1.54) is 23.4 Å². The van der Waals surface area contributed by atoms with Crippen molar-refractivity contribution in [3.63, 3.8) is 0 Å². The van der Waals surface area contributed by atoms with E-state index in [2.05, 4.69) is 24.3 Å². The van der Waals surface area contributed by atoms with E-state index in [4.69, 9.17) is 0 Å². The molecule has 1 atom stereocenters. The first-order chi connectivity index (χ1) is 9.50. The predicted molar refractivity (Wildman–Crippen MR) is 77.4 cm³/mol. The number of nitrogens with one attached hydrogen (secondary N) is 1. The molecule has 0 saturated carbocycles. The second kappa shape index (κ2) is 4.70. The SMILES string of the molecule is CNC1CC(C)(C)Cc2c1cnn2-c1cccc(F)c1. The molecule has 0 saturated heterocycles. The molecular formula is C16H20FN3. The van der Waals surface area contributed by atoms with Crippen LogP contribution in [0.25, 0.3) is 5.69 Å². The molecule has 2 aromatic rings. The van der Waals surface area contributed by atoms with Crippen molar-refractivity contribution in [2.45, 2.75) is 32.7 Å². The number of benzene rings is 1. The van der Waals surface area contributed by atoms with Crippen molar-refractivity contribution in [3.05, 3.63) is 47.5 Å². The maximum atomic E-state index is 13.4. The van der Waals surface area contributed by atoms with Crippen LogP contribution in [-0.2, 0) is 6.42 Å². The molecule has 4 heteroatoms. The maximum absolute atomic E-state index is 13.4. The van der Waals surface area contributed by atoms with Crippen molar-refractivity contribution in [1.29, 1.82) is 0 Å². The Kier molecular flexibility index (Phi) is 3.13. The zero-order valence-electron chi connectivity index (χ0n) is 12.2. The van der Waals surface area contributed by atoms with Gasteiger partial charge in [0.2, 0.25) is 0 Å². The van der Waals surface area contributed by atoms with Gasteiger partial charge in [-0.15, -0.1) is 0 Å². The van der Waals surface area contributed by atoms with Crippen molar-refractivity contribution in [1.82, 2.24) is 15.1 Å². The molecular weight excluding hydrogens is 253 g/mol. The molecule has 1 aliphatic rings. The topological polar surface area (TPSA) is 29.9 Å². The van der Waals surface area contributed by atoms with Gasteiger partial charge in [0.25, 0.3) is 0 Å². The first-order valence-electron chi connectivity index (χ1n) is 7.00. The number of hydrogen-bond acceptors (Lipinski definition) is 2. The third-order valence-electron chi connectivity index (χ3n) is 4.08. The molecule has 1 aromatic heterocycles. The van der Waals surface area contributed by atoms with Crippen molar-refractivity contribution in [3.8, 4) is 5.69 Å². The lowest BCUT2D eigenvalue weighted by molar-refractivity contribution is 0.260. The summed E-state index contributed by atoms with van der Waals surface area (Å²) >= 11 is 0. The molecule has 1 unspecified atom stereocenters. The Morgan fingerprint density at radius 2 is 2.20 bits per heavy atom. The molecule has 0 amide bonds. The molecule has 20 heavy (non-hydrogen) atoms. The molecule has 1 heterocycles. The van der Waals surface area contributed by atoms with Crippen molar-refractivity contribution < 1.29 is 4.39 Å². The monoisotopic (exact) mass is 273 g/mol. The van der Waals surface area contributed by atoms with Crippen LogP contribution in [0.2, 0.25) is 0 Å². The van der Waals surface area contributed by atoms with Crippen LogP contribution in [0.15, 0.2) is 30.5 Å². The lowest BCUT2D eigenvalue weighted by Crippen LogP contribution is -2.32. The molecule has 1 N–H and O–H groups in total. The second-order valence-electron chi connectivity index (χ2n) is 6.32. The Hall–Kier alpha value is -1.68. The largest absolute Gasteiger partial charge is 0.313 e. The van der Waals surface area contributed by atoms with Crippen LogP contribution in [0.1, 0.15) is 37.6 Å². The quantitative estimate of drug-likeness (QED) is 0.910. The van der Waals surface area contributed by atoms with Gasteiger partial charge in [-0.05, 0) is 43.5 Å². The van der Waals surface area contributed by atoms with Gasteiger partial charge in [-0.3, -0.25) is 0 Å². The highest BCUT2D eigenvalue weighted by Crippen LogP contribution is 2.41. The maximum Gasteiger partial charge on any atom is 0.125 e. The van der Waals surface area contributed by atoms with Crippen molar-refractivity contribution >= 4 is 0 Å². The summed E-state index contributed by atoms with van der Waals surface area (Å²) in [5.74, 6) is -0.230.